The first-order valence-electron chi connectivity index (χ1n) is 9.23. The molecular formula is C24H13BrCl2O5. The molecule has 160 valence electrons. The van der Waals surface area contributed by atoms with Gasteiger partial charge in [-0.15, -0.1) is 0 Å². The number of rotatable bonds is 5. The molecule has 0 saturated heterocycles. The van der Waals surface area contributed by atoms with E-state index in [1.807, 2.05) is 6.07 Å². The highest BCUT2D eigenvalue weighted by atomic mass is 79.9. The molecule has 4 aromatic rings. The van der Waals surface area contributed by atoms with Gasteiger partial charge in [-0.3, -0.25) is 4.79 Å². The van der Waals surface area contributed by atoms with Crippen LogP contribution in [0.25, 0.3) is 17.0 Å². The van der Waals surface area contributed by atoms with E-state index in [-0.39, 0.29) is 22.5 Å². The summed E-state index contributed by atoms with van der Waals surface area (Å²) in [6.45, 7) is 0. The fourth-order valence-electron chi connectivity index (χ4n) is 2.80. The second-order valence-electron chi connectivity index (χ2n) is 6.55. The first-order chi connectivity index (χ1) is 15.4. The first-order valence-corrected chi connectivity index (χ1v) is 10.8. The van der Waals surface area contributed by atoms with E-state index in [1.54, 1.807) is 42.5 Å². The number of fused-ring (bicyclic) bond motifs is 1. The Morgan fingerprint density at radius 1 is 0.969 bits per heavy atom. The van der Waals surface area contributed by atoms with Gasteiger partial charge in [0.1, 0.15) is 23.3 Å². The van der Waals surface area contributed by atoms with E-state index in [2.05, 4.69) is 15.9 Å². The molecular weight excluding hydrogens is 519 g/mol. The lowest BCUT2D eigenvalue weighted by Gasteiger charge is -2.08. The normalized spacial score (nSPS) is 11.1. The molecule has 0 aliphatic heterocycles. The van der Waals surface area contributed by atoms with E-state index in [1.165, 1.54) is 30.5 Å². The van der Waals surface area contributed by atoms with E-state index in [4.69, 9.17) is 37.1 Å². The number of ether oxygens (including phenoxy) is 2. The van der Waals surface area contributed by atoms with Crippen molar-refractivity contribution >= 4 is 62.1 Å². The minimum absolute atomic E-state index is 0.0405. The van der Waals surface area contributed by atoms with Gasteiger partial charge in [0.05, 0.1) is 19.9 Å². The molecule has 1 heterocycles. The Bertz CT molecular complexity index is 1410. The molecule has 0 N–H and O–H groups in total. The zero-order valence-corrected chi connectivity index (χ0v) is 19.3. The Kier molecular flexibility index (Phi) is 6.65. The third-order valence-electron chi connectivity index (χ3n) is 4.34. The summed E-state index contributed by atoms with van der Waals surface area (Å²) < 4.78 is 17.2. The summed E-state index contributed by atoms with van der Waals surface area (Å²) in [5.41, 5.74) is 0.603. The summed E-state index contributed by atoms with van der Waals surface area (Å²) in [5.74, 6) is 0.146. The molecule has 0 saturated carbocycles. The zero-order valence-electron chi connectivity index (χ0n) is 16.2. The van der Waals surface area contributed by atoms with Crippen LogP contribution in [-0.4, -0.2) is 5.97 Å². The topological polar surface area (TPSA) is 65.7 Å². The van der Waals surface area contributed by atoms with Crippen molar-refractivity contribution in [1.82, 2.24) is 0 Å². The average molecular weight is 532 g/mol. The van der Waals surface area contributed by atoms with E-state index >= 15 is 0 Å². The number of halogens is 3. The molecule has 0 spiro atoms. The third kappa shape index (κ3) is 5.05. The summed E-state index contributed by atoms with van der Waals surface area (Å²) in [6, 6.07) is 16.6. The largest absolute Gasteiger partial charge is 0.460 e. The maximum Gasteiger partial charge on any atom is 0.336 e. The zero-order chi connectivity index (χ0) is 22.7. The van der Waals surface area contributed by atoms with Crippen LogP contribution in [0.3, 0.4) is 0 Å². The maximum atomic E-state index is 12.7. The molecule has 32 heavy (non-hydrogen) atoms. The van der Waals surface area contributed by atoms with Gasteiger partial charge in [-0.05, 0) is 64.0 Å². The van der Waals surface area contributed by atoms with Gasteiger partial charge in [0.25, 0.3) is 0 Å². The Labute approximate surface area is 200 Å². The molecule has 4 rings (SSSR count). The minimum Gasteiger partial charge on any atom is -0.460 e. The maximum absolute atomic E-state index is 12.7. The van der Waals surface area contributed by atoms with E-state index < -0.39 is 5.97 Å². The lowest BCUT2D eigenvalue weighted by Crippen LogP contribution is -2.06. The number of hydrogen-bond donors (Lipinski definition) is 0. The van der Waals surface area contributed by atoms with E-state index in [9.17, 15) is 9.59 Å². The lowest BCUT2D eigenvalue weighted by molar-refractivity contribution is -0.128. The molecule has 0 radical (unpaired) electrons. The third-order valence-corrected chi connectivity index (χ3v) is 5.74. The smallest absolute Gasteiger partial charge is 0.336 e. The highest BCUT2D eigenvalue weighted by molar-refractivity contribution is 9.10. The lowest BCUT2D eigenvalue weighted by atomic mass is 10.2. The summed E-state index contributed by atoms with van der Waals surface area (Å²) >= 11 is 15.2. The van der Waals surface area contributed by atoms with Crippen LogP contribution in [0.2, 0.25) is 10.0 Å². The van der Waals surface area contributed by atoms with Crippen molar-refractivity contribution in [2.45, 2.75) is 0 Å². The van der Waals surface area contributed by atoms with Crippen molar-refractivity contribution in [3.63, 3.8) is 0 Å². The molecule has 5 nitrogen and oxygen atoms in total. The highest BCUT2D eigenvalue weighted by Crippen LogP contribution is 2.29. The van der Waals surface area contributed by atoms with Gasteiger partial charge in [0.2, 0.25) is 11.2 Å². The van der Waals surface area contributed by atoms with Crippen LogP contribution in [-0.2, 0) is 4.79 Å². The molecule has 8 heteroatoms. The molecule has 0 unspecified atom stereocenters. The molecule has 0 fully saturated rings. The molecule has 0 aliphatic carbocycles. The minimum atomic E-state index is -0.605. The summed E-state index contributed by atoms with van der Waals surface area (Å²) in [6.07, 6.45) is 4.03. The molecule has 1 aromatic heterocycles. The number of benzene rings is 3. The Morgan fingerprint density at radius 3 is 2.56 bits per heavy atom. The van der Waals surface area contributed by atoms with Crippen molar-refractivity contribution < 1.29 is 18.7 Å². The van der Waals surface area contributed by atoms with Gasteiger partial charge in [0.15, 0.2) is 0 Å². The number of hydrogen-bond acceptors (Lipinski definition) is 5. The summed E-state index contributed by atoms with van der Waals surface area (Å²) in [4.78, 5) is 24.9. The standard InChI is InChI=1S/C24H13BrCl2O5/c25-17-3-1-2-4-20(17)32-22-13-30-21-12-15(7-8-16(21)24(22)29)31-23(28)10-6-14-5-9-18(26)19(27)11-14/h1-13H/b10-6+. The second-order valence-corrected chi connectivity index (χ2v) is 8.22. The number of carbonyl (C=O) groups excluding carboxylic acids is 1. The van der Waals surface area contributed by atoms with E-state index in [0.29, 0.717) is 31.2 Å². The average Bonchev–Trinajstić information content (AvgIpc) is 2.78. The van der Waals surface area contributed by atoms with Gasteiger partial charge in [-0.25, -0.2) is 4.79 Å². The fraction of sp³-hybridized carbons (Fsp3) is 0. The molecule has 0 bridgehead atoms. The van der Waals surface area contributed by atoms with Crippen LogP contribution >= 0.6 is 39.1 Å². The second kappa shape index (κ2) is 9.61. The predicted octanol–water partition coefficient (Wildman–Crippen LogP) is 7.27. The summed E-state index contributed by atoms with van der Waals surface area (Å²) in [5, 5.41) is 1.10. The number of carbonyl (C=O) groups is 1. The van der Waals surface area contributed by atoms with Gasteiger partial charge in [-0.2, -0.15) is 0 Å². The Hall–Kier alpha value is -3.06. The first kappa shape index (κ1) is 22.1. The van der Waals surface area contributed by atoms with Crippen molar-refractivity contribution in [1.29, 1.82) is 0 Å². The monoisotopic (exact) mass is 530 g/mol. The predicted molar refractivity (Wildman–Crippen MR) is 128 cm³/mol. The fourth-order valence-corrected chi connectivity index (χ4v) is 3.47. The van der Waals surface area contributed by atoms with Crippen molar-refractivity contribution in [2.24, 2.45) is 0 Å². The Balaban J connectivity index is 1.51. The quantitative estimate of drug-likeness (QED) is 0.154. The van der Waals surface area contributed by atoms with Gasteiger partial charge in [0, 0.05) is 12.1 Å². The van der Waals surface area contributed by atoms with Gasteiger partial charge in [-0.1, -0.05) is 41.4 Å². The van der Waals surface area contributed by atoms with Crippen LogP contribution in [0, 0.1) is 0 Å². The van der Waals surface area contributed by atoms with Crippen LogP contribution in [0.1, 0.15) is 5.56 Å². The van der Waals surface area contributed by atoms with Crippen LogP contribution in [0.15, 0.2) is 86.7 Å². The van der Waals surface area contributed by atoms with Crippen LogP contribution in [0.4, 0.5) is 0 Å². The molecule has 3 aromatic carbocycles. The molecule has 0 aliphatic rings. The number of esters is 1. The Morgan fingerprint density at radius 2 is 1.78 bits per heavy atom. The summed E-state index contributed by atoms with van der Waals surface area (Å²) in [7, 11) is 0. The van der Waals surface area contributed by atoms with E-state index in [0.717, 1.165) is 0 Å². The van der Waals surface area contributed by atoms with Crippen molar-refractivity contribution in [2.75, 3.05) is 0 Å². The van der Waals surface area contributed by atoms with Gasteiger partial charge >= 0.3 is 5.97 Å². The SMILES string of the molecule is O=C(/C=C/c1ccc(Cl)c(Cl)c1)Oc1ccc2c(=O)c(Oc3ccccc3Br)coc2c1. The number of para-hydroxylation sites is 1. The van der Waals surface area contributed by atoms with Gasteiger partial charge < -0.3 is 13.9 Å². The van der Waals surface area contributed by atoms with Crippen LogP contribution in [0.5, 0.6) is 17.2 Å². The molecule has 0 amide bonds. The van der Waals surface area contributed by atoms with Crippen molar-refractivity contribution in [3.8, 4) is 17.2 Å². The molecule has 0 atom stereocenters. The van der Waals surface area contributed by atoms with Crippen molar-refractivity contribution in [3.05, 3.63) is 103 Å². The highest BCUT2D eigenvalue weighted by Gasteiger charge is 2.12. The van der Waals surface area contributed by atoms with Crippen LogP contribution < -0.4 is 14.9 Å².